The maximum Gasteiger partial charge on any atom is 0.160 e. The van der Waals surface area contributed by atoms with E-state index in [4.69, 9.17) is 9.84 Å². The minimum absolute atomic E-state index is 0.131. The average Bonchev–Trinajstić information content (AvgIpc) is 2.08. The summed E-state index contributed by atoms with van der Waals surface area (Å²) >= 11 is 0. The van der Waals surface area contributed by atoms with Gasteiger partial charge in [-0.1, -0.05) is 13.8 Å². The van der Waals surface area contributed by atoms with Crippen molar-refractivity contribution in [3.8, 4) is 0 Å². The van der Waals surface area contributed by atoms with Crippen LogP contribution in [0.4, 0.5) is 0 Å². The predicted molar refractivity (Wildman–Crippen MR) is 42.3 cm³/mol. The van der Waals surface area contributed by atoms with E-state index in [1.165, 1.54) is 0 Å². The van der Waals surface area contributed by atoms with Crippen LogP contribution in [0.15, 0.2) is 0 Å². The van der Waals surface area contributed by atoms with Crippen molar-refractivity contribution in [3.63, 3.8) is 0 Å². The third kappa shape index (κ3) is 1.61. The van der Waals surface area contributed by atoms with Crippen LogP contribution in [0.25, 0.3) is 0 Å². The monoisotopic (exact) mass is 176 g/mol. The molecule has 3 unspecified atom stereocenters. The molecule has 1 aliphatic rings. The normalized spacial score (nSPS) is 49.2. The summed E-state index contributed by atoms with van der Waals surface area (Å²) in [6, 6.07) is 0. The van der Waals surface area contributed by atoms with Crippen molar-refractivity contribution in [2.45, 2.75) is 32.3 Å². The van der Waals surface area contributed by atoms with Crippen LogP contribution in [0, 0.1) is 11.8 Å². The fourth-order valence-corrected chi connectivity index (χ4v) is 1.50. The molecule has 0 aliphatic carbocycles. The topological polar surface area (TPSA) is 69.9 Å². The van der Waals surface area contributed by atoms with Crippen LogP contribution in [0.5, 0.6) is 0 Å². The minimum Gasteiger partial charge on any atom is -0.394 e. The first-order valence-electron chi connectivity index (χ1n) is 4.20. The van der Waals surface area contributed by atoms with Gasteiger partial charge < -0.3 is 20.1 Å². The Morgan fingerprint density at radius 1 is 1.17 bits per heavy atom. The second-order valence-electron chi connectivity index (χ2n) is 3.46. The molecular weight excluding hydrogens is 160 g/mol. The largest absolute Gasteiger partial charge is 0.394 e. The van der Waals surface area contributed by atoms with Crippen molar-refractivity contribution in [2.75, 3.05) is 6.61 Å². The van der Waals surface area contributed by atoms with E-state index in [9.17, 15) is 10.2 Å². The van der Waals surface area contributed by atoms with Crippen LogP contribution in [-0.2, 0) is 4.74 Å². The van der Waals surface area contributed by atoms with E-state index in [1.54, 1.807) is 13.8 Å². The van der Waals surface area contributed by atoms with Crippen LogP contribution in [0.3, 0.4) is 0 Å². The van der Waals surface area contributed by atoms with Gasteiger partial charge in [-0.3, -0.25) is 0 Å². The van der Waals surface area contributed by atoms with Crippen LogP contribution >= 0.6 is 0 Å². The Balaban J connectivity index is 2.63. The van der Waals surface area contributed by atoms with Gasteiger partial charge in [-0.15, -0.1) is 0 Å². The molecule has 0 bridgehead atoms. The van der Waals surface area contributed by atoms with Crippen molar-refractivity contribution in [1.82, 2.24) is 0 Å². The van der Waals surface area contributed by atoms with E-state index in [0.29, 0.717) is 0 Å². The molecule has 0 aromatic carbocycles. The summed E-state index contributed by atoms with van der Waals surface area (Å²) < 4.78 is 5.08. The van der Waals surface area contributed by atoms with Gasteiger partial charge in [0.05, 0.1) is 18.8 Å². The van der Waals surface area contributed by atoms with E-state index in [2.05, 4.69) is 0 Å². The van der Waals surface area contributed by atoms with Crippen molar-refractivity contribution in [1.29, 1.82) is 0 Å². The minimum atomic E-state index is -0.964. The van der Waals surface area contributed by atoms with Crippen LogP contribution in [-0.4, -0.2) is 40.4 Å². The molecule has 1 heterocycles. The maximum absolute atomic E-state index is 9.57. The van der Waals surface area contributed by atoms with Gasteiger partial charge in [0.25, 0.3) is 0 Å². The Morgan fingerprint density at radius 2 is 1.75 bits per heavy atom. The SMILES string of the molecule is CC1C(O)[C@H](C)C(CO)O[C@@H]1O. The lowest BCUT2D eigenvalue weighted by Gasteiger charge is -2.39. The standard InChI is InChI=1S/C8H16O4/c1-4-6(3-9)12-8(11)5(2)7(4)10/h4-11H,3H2,1-2H3/t4-,5?,6?,7?,8+/m1/s1. The molecule has 1 fully saturated rings. The summed E-state index contributed by atoms with van der Waals surface area (Å²) in [6.07, 6.45) is -2.02. The first-order chi connectivity index (χ1) is 5.57. The highest BCUT2D eigenvalue weighted by Gasteiger charge is 2.39. The van der Waals surface area contributed by atoms with E-state index in [1.807, 2.05) is 0 Å². The fraction of sp³-hybridized carbons (Fsp3) is 1.00. The molecule has 0 amide bonds. The average molecular weight is 176 g/mol. The number of rotatable bonds is 1. The van der Waals surface area contributed by atoms with Gasteiger partial charge in [-0.25, -0.2) is 0 Å². The molecule has 72 valence electrons. The van der Waals surface area contributed by atoms with Crippen molar-refractivity contribution in [3.05, 3.63) is 0 Å². The highest BCUT2D eigenvalue weighted by Crippen LogP contribution is 2.28. The summed E-state index contributed by atoms with van der Waals surface area (Å²) in [5.74, 6) is -0.420. The first kappa shape index (κ1) is 9.92. The molecule has 1 rings (SSSR count). The van der Waals surface area contributed by atoms with Gasteiger partial charge in [-0.2, -0.15) is 0 Å². The highest BCUT2D eigenvalue weighted by atomic mass is 16.6. The number of aliphatic hydroxyl groups excluding tert-OH is 3. The molecule has 0 saturated carbocycles. The molecule has 12 heavy (non-hydrogen) atoms. The zero-order valence-electron chi connectivity index (χ0n) is 7.34. The molecule has 5 atom stereocenters. The van der Waals surface area contributed by atoms with Crippen molar-refractivity contribution in [2.24, 2.45) is 11.8 Å². The highest BCUT2D eigenvalue weighted by molar-refractivity contribution is 4.83. The second-order valence-corrected chi connectivity index (χ2v) is 3.46. The van der Waals surface area contributed by atoms with Gasteiger partial charge in [0.15, 0.2) is 6.29 Å². The molecule has 1 saturated heterocycles. The summed E-state index contributed by atoms with van der Waals surface area (Å²) in [4.78, 5) is 0. The molecule has 4 heteroatoms. The van der Waals surface area contributed by atoms with Crippen LogP contribution in [0.1, 0.15) is 13.8 Å². The lowest BCUT2D eigenvalue weighted by atomic mass is 9.86. The van der Waals surface area contributed by atoms with E-state index in [0.717, 1.165) is 0 Å². The lowest BCUT2D eigenvalue weighted by molar-refractivity contribution is -0.248. The molecule has 0 aromatic heterocycles. The third-order valence-electron chi connectivity index (χ3n) is 2.61. The molecule has 1 aliphatic heterocycles. The Kier molecular flexibility index (Phi) is 3.06. The molecule has 3 N–H and O–H groups in total. The van der Waals surface area contributed by atoms with Crippen LogP contribution < -0.4 is 0 Å². The second kappa shape index (κ2) is 3.70. The Bertz CT molecular complexity index is 145. The Labute approximate surface area is 71.8 Å². The predicted octanol–water partition coefficient (Wildman–Crippen LogP) is -0.671. The smallest absolute Gasteiger partial charge is 0.160 e. The molecular formula is C8H16O4. The quantitative estimate of drug-likeness (QED) is 0.495. The third-order valence-corrected chi connectivity index (χ3v) is 2.61. The zero-order valence-corrected chi connectivity index (χ0v) is 7.34. The molecule has 0 aromatic rings. The number of hydrogen-bond donors (Lipinski definition) is 3. The summed E-state index contributed by atoms with van der Waals surface area (Å²) in [5, 5.41) is 27.7. The fourth-order valence-electron chi connectivity index (χ4n) is 1.50. The Morgan fingerprint density at radius 3 is 2.25 bits per heavy atom. The molecule has 0 spiro atoms. The maximum atomic E-state index is 9.57. The van der Waals surface area contributed by atoms with Gasteiger partial charge in [0.2, 0.25) is 0 Å². The summed E-state index contributed by atoms with van der Waals surface area (Å²) in [7, 11) is 0. The van der Waals surface area contributed by atoms with Gasteiger partial charge in [0, 0.05) is 11.8 Å². The van der Waals surface area contributed by atoms with E-state index >= 15 is 0 Å². The van der Waals surface area contributed by atoms with Gasteiger partial charge >= 0.3 is 0 Å². The molecule has 0 radical (unpaired) electrons. The van der Waals surface area contributed by atoms with Crippen molar-refractivity contribution >= 4 is 0 Å². The van der Waals surface area contributed by atoms with Gasteiger partial charge in [-0.05, 0) is 0 Å². The summed E-state index contributed by atoms with van der Waals surface area (Å²) in [5.41, 5.74) is 0. The number of ether oxygens (including phenoxy) is 1. The first-order valence-corrected chi connectivity index (χ1v) is 4.20. The summed E-state index contributed by atoms with van der Waals surface area (Å²) in [6.45, 7) is 3.36. The van der Waals surface area contributed by atoms with Gasteiger partial charge in [0.1, 0.15) is 0 Å². The lowest BCUT2D eigenvalue weighted by Crippen LogP contribution is -2.50. The number of aliphatic hydroxyl groups is 3. The van der Waals surface area contributed by atoms with E-state index in [-0.39, 0.29) is 18.4 Å². The van der Waals surface area contributed by atoms with E-state index < -0.39 is 18.5 Å². The molecule has 4 nitrogen and oxygen atoms in total. The number of hydrogen-bond acceptors (Lipinski definition) is 4. The van der Waals surface area contributed by atoms with Crippen LogP contribution in [0.2, 0.25) is 0 Å². The Hall–Kier alpha value is -0.160. The van der Waals surface area contributed by atoms with Crippen molar-refractivity contribution < 1.29 is 20.1 Å². The zero-order chi connectivity index (χ0) is 9.30.